The molecule has 1 aromatic carbocycles. The van der Waals surface area contributed by atoms with Crippen molar-refractivity contribution in [3.63, 3.8) is 0 Å². The van der Waals surface area contributed by atoms with Gasteiger partial charge < -0.3 is 39.4 Å². The van der Waals surface area contributed by atoms with E-state index in [9.17, 15) is 34.8 Å². The van der Waals surface area contributed by atoms with Crippen LogP contribution in [0.3, 0.4) is 0 Å². The lowest BCUT2D eigenvalue weighted by molar-refractivity contribution is -0.351. The van der Waals surface area contributed by atoms with Gasteiger partial charge in [0, 0.05) is 25.7 Å². The van der Waals surface area contributed by atoms with Gasteiger partial charge in [0.25, 0.3) is 0 Å². The van der Waals surface area contributed by atoms with Gasteiger partial charge in [-0.15, -0.1) is 0 Å². The predicted octanol–water partition coefficient (Wildman–Crippen LogP) is 1.44. The third kappa shape index (κ3) is 4.16. The first kappa shape index (κ1) is 30.6. The van der Waals surface area contributed by atoms with Crippen molar-refractivity contribution < 1.29 is 53.8 Å². The first-order valence-electron chi connectivity index (χ1n) is 14.2. The zero-order valence-corrected chi connectivity index (χ0v) is 24.7. The number of esters is 3. The average molecular weight is 589 g/mol. The van der Waals surface area contributed by atoms with Crippen LogP contribution >= 0.6 is 0 Å². The van der Waals surface area contributed by atoms with Crippen LogP contribution in [0, 0.1) is 16.7 Å². The molecular formula is C31H40O11. The summed E-state index contributed by atoms with van der Waals surface area (Å²) in [6.45, 7) is 8.48. The quantitative estimate of drug-likeness (QED) is 0.223. The molecule has 1 unspecified atom stereocenters. The summed E-state index contributed by atoms with van der Waals surface area (Å²) in [4.78, 5) is 39.0. The fourth-order valence-corrected chi connectivity index (χ4v) is 8.35. The Kier molecular flexibility index (Phi) is 7.38. The van der Waals surface area contributed by atoms with Crippen LogP contribution in [0.4, 0.5) is 0 Å². The molecule has 1 aromatic rings. The summed E-state index contributed by atoms with van der Waals surface area (Å²) in [5, 5.41) is 47.3. The monoisotopic (exact) mass is 588 g/mol. The average Bonchev–Trinajstić information content (AvgIpc) is 3.14. The SMILES string of the molecule is CC(=O)O[C@H]1C2[C@@](C)([C@@H](O)C[C@H]3OC[C@@]23OC(C)=O)[C@@H](OC(=O)c2ccccc2)[C@H](O)C2=C(C)[C@@H](O)C[C@]21C(C)(C)O. The molecule has 1 saturated heterocycles. The lowest BCUT2D eigenvalue weighted by Crippen LogP contribution is -2.79. The van der Waals surface area contributed by atoms with Crippen LogP contribution in [-0.4, -0.2) is 92.8 Å². The fraction of sp³-hybridized carbons (Fsp3) is 0.645. The molecule has 11 nitrogen and oxygen atoms in total. The molecule has 1 heterocycles. The molecule has 1 aliphatic heterocycles. The van der Waals surface area contributed by atoms with Gasteiger partial charge in [-0.2, -0.15) is 0 Å². The van der Waals surface area contributed by atoms with E-state index >= 15 is 0 Å². The minimum Gasteiger partial charge on any atom is -0.461 e. The number of carbonyl (C=O) groups is 3. The smallest absolute Gasteiger partial charge is 0.338 e. The van der Waals surface area contributed by atoms with Gasteiger partial charge >= 0.3 is 17.9 Å². The zero-order chi connectivity index (χ0) is 31.0. The number of aliphatic hydroxyl groups excluding tert-OH is 3. The topological polar surface area (TPSA) is 169 Å². The van der Waals surface area contributed by atoms with Crippen LogP contribution in [0.2, 0.25) is 0 Å². The normalized spacial score (nSPS) is 41.0. The summed E-state index contributed by atoms with van der Waals surface area (Å²) in [5.74, 6) is -3.32. The van der Waals surface area contributed by atoms with Crippen molar-refractivity contribution in [3.8, 4) is 0 Å². The van der Waals surface area contributed by atoms with Gasteiger partial charge in [-0.05, 0) is 50.5 Å². The Balaban J connectivity index is 1.84. The molecular weight excluding hydrogens is 548 g/mol. The number of aliphatic hydroxyl groups is 4. The highest BCUT2D eigenvalue weighted by atomic mass is 16.6. The van der Waals surface area contributed by atoms with Crippen LogP contribution in [0.5, 0.6) is 0 Å². The maximum atomic E-state index is 13.6. The molecule has 0 spiro atoms. The van der Waals surface area contributed by atoms with E-state index < -0.39 is 82.5 Å². The molecule has 42 heavy (non-hydrogen) atoms. The van der Waals surface area contributed by atoms with E-state index in [-0.39, 0.29) is 30.6 Å². The molecule has 4 N–H and O–H groups in total. The van der Waals surface area contributed by atoms with Crippen molar-refractivity contribution in [1.29, 1.82) is 0 Å². The maximum Gasteiger partial charge on any atom is 0.338 e. The Morgan fingerprint density at radius 1 is 1.00 bits per heavy atom. The first-order valence-corrected chi connectivity index (χ1v) is 14.2. The molecule has 4 aliphatic rings. The van der Waals surface area contributed by atoms with Crippen molar-refractivity contribution in [3.05, 3.63) is 47.0 Å². The number of fused-ring (bicyclic) bond motifs is 4. The van der Waals surface area contributed by atoms with Crippen molar-refractivity contribution >= 4 is 17.9 Å². The summed E-state index contributed by atoms with van der Waals surface area (Å²) in [5.41, 5.74) is -5.82. The molecule has 0 bridgehead atoms. The van der Waals surface area contributed by atoms with Crippen LogP contribution in [0.15, 0.2) is 41.5 Å². The Labute approximate surface area is 244 Å². The molecule has 2 saturated carbocycles. The lowest BCUT2D eigenvalue weighted by Gasteiger charge is -2.65. The molecule has 0 radical (unpaired) electrons. The van der Waals surface area contributed by atoms with E-state index in [0.29, 0.717) is 5.57 Å². The Hall–Kier alpha value is -2.83. The second kappa shape index (κ2) is 10.1. The van der Waals surface area contributed by atoms with Crippen LogP contribution < -0.4 is 0 Å². The number of ether oxygens (including phenoxy) is 4. The Bertz CT molecular complexity index is 1300. The van der Waals surface area contributed by atoms with Crippen LogP contribution in [-0.2, 0) is 28.5 Å². The van der Waals surface area contributed by atoms with E-state index in [1.807, 2.05) is 0 Å². The highest BCUT2D eigenvalue weighted by Gasteiger charge is 2.79. The third-order valence-corrected chi connectivity index (χ3v) is 10.3. The molecule has 10 atom stereocenters. The summed E-state index contributed by atoms with van der Waals surface area (Å²) in [6.07, 6.45) is -7.97. The van der Waals surface area contributed by atoms with E-state index in [2.05, 4.69) is 0 Å². The van der Waals surface area contributed by atoms with E-state index in [0.717, 1.165) is 0 Å². The highest BCUT2D eigenvalue weighted by molar-refractivity contribution is 5.89. The van der Waals surface area contributed by atoms with Crippen LogP contribution in [0.1, 0.15) is 64.7 Å². The largest absolute Gasteiger partial charge is 0.461 e. The highest BCUT2D eigenvalue weighted by Crippen LogP contribution is 2.68. The molecule has 0 amide bonds. The van der Waals surface area contributed by atoms with Gasteiger partial charge in [0.2, 0.25) is 0 Å². The van der Waals surface area contributed by atoms with Crippen molar-refractivity contribution in [1.82, 2.24) is 0 Å². The van der Waals surface area contributed by atoms with Crippen molar-refractivity contribution in [2.45, 2.75) is 102 Å². The van der Waals surface area contributed by atoms with Gasteiger partial charge in [-0.25, -0.2) is 4.79 Å². The van der Waals surface area contributed by atoms with Gasteiger partial charge in [-0.3, -0.25) is 9.59 Å². The summed E-state index contributed by atoms with van der Waals surface area (Å²) in [7, 11) is 0. The summed E-state index contributed by atoms with van der Waals surface area (Å²) < 4.78 is 24.0. The number of benzene rings is 1. The standard InChI is InChI=1S/C31H40O11/c1-15-19(34)13-30(28(4,5)38)22(15)23(36)25(41-27(37)18-10-8-7-9-11-18)29(6)20(35)12-21-31(14-39-21,42-17(3)33)24(29)26(30)40-16(2)32/h7-11,19-21,23-26,34-36,38H,12-14H2,1-6H3/t19-,20-,21+,23+,24?,25-,26-,29+,30-,31-/m0/s1. The van der Waals surface area contributed by atoms with Gasteiger partial charge in [0.15, 0.2) is 5.60 Å². The van der Waals surface area contributed by atoms with Crippen molar-refractivity contribution in [2.24, 2.45) is 16.7 Å². The number of rotatable bonds is 5. The van der Waals surface area contributed by atoms with E-state index in [4.69, 9.17) is 18.9 Å². The minimum atomic E-state index is -1.75. The Morgan fingerprint density at radius 2 is 1.64 bits per heavy atom. The van der Waals surface area contributed by atoms with E-state index in [1.165, 1.54) is 27.7 Å². The maximum absolute atomic E-state index is 13.6. The zero-order valence-electron chi connectivity index (χ0n) is 24.7. The molecule has 230 valence electrons. The fourth-order valence-electron chi connectivity index (χ4n) is 8.35. The van der Waals surface area contributed by atoms with Crippen molar-refractivity contribution in [2.75, 3.05) is 6.61 Å². The van der Waals surface area contributed by atoms with Gasteiger partial charge in [0.05, 0.1) is 41.3 Å². The molecule has 5 rings (SSSR count). The molecule has 3 fully saturated rings. The molecule has 11 heteroatoms. The Morgan fingerprint density at radius 3 is 2.17 bits per heavy atom. The van der Waals surface area contributed by atoms with Gasteiger partial charge in [0.1, 0.15) is 24.4 Å². The van der Waals surface area contributed by atoms with Crippen LogP contribution in [0.25, 0.3) is 0 Å². The minimum absolute atomic E-state index is 0.0324. The van der Waals surface area contributed by atoms with Gasteiger partial charge in [-0.1, -0.05) is 25.1 Å². The number of hydrogen-bond donors (Lipinski definition) is 4. The summed E-state index contributed by atoms with van der Waals surface area (Å²) >= 11 is 0. The molecule has 0 aromatic heterocycles. The third-order valence-electron chi connectivity index (χ3n) is 10.3. The predicted molar refractivity (Wildman–Crippen MR) is 146 cm³/mol. The summed E-state index contributed by atoms with van der Waals surface area (Å²) in [6, 6.07) is 8.13. The number of hydrogen-bond acceptors (Lipinski definition) is 11. The van der Waals surface area contributed by atoms with E-state index in [1.54, 1.807) is 44.2 Å². The second-order valence-corrected chi connectivity index (χ2v) is 13.0. The lowest BCUT2D eigenvalue weighted by atomic mass is 9.49. The molecule has 3 aliphatic carbocycles. The number of carbonyl (C=O) groups excluding carboxylic acids is 3. The second-order valence-electron chi connectivity index (χ2n) is 13.0. The first-order chi connectivity index (χ1) is 19.5.